The van der Waals surface area contributed by atoms with Crippen molar-refractivity contribution in [2.75, 3.05) is 31.0 Å². The summed E-state index contributed by atoms with van der Waals surface area (Å²) < 4.78 is 15.5. The van der Waals surface area contributed by atoms with Crippen LogP contribution < -0.4 is 10.6 Å². The van der Waals surface area contributed by atoms with E-state index in [9.17, 15) is 9.59 Å². The first-order valence-corrected chi connectivity index (χ1v) is 11.3. The zero-order chi connectivity index (χ0) is 24.2. The molecule has 180 valence electrons. The monoisotopic (exact) mass is 456 g/mol. The van der Waals surface area contributed by atoms with Gasteiger partial charge in [-0.3, -0.25) is 10.6 Å². The maximum absolute atomic E-state index is 12.3. The molecule has 0 aliphatic rings. The van der Waals surface area contributed by atoms with E-state index in [2.05, 4.69) is 38.3 Å². The summed E-state index contributed by atoms with van der Waals surface area (Å²) in [6, 6.07) is 15.3. The van der Waals surface area contributed by atoms with Crippen molar-refractivity contribution in [2.24, 2.45) is 11.8 Å². The molecule has 0 heterocycles. The lowest BCUT2D eigenvalue weighted by atomic mass is 9.97. The van der Waals surface area contributed by atoms with Crippen LogP contribution in [-0.2, 0) is 20.6 Å². The van der Waals surface area contributed by atoms with E-state index in [1.807, 2.05) is 48.5 Å². The first kappa shape index (κ1) is 26.2. The number of hydrogen-bond donors (Lipinski definition) is 2. The van der Waals surface area contributed by atoms with Gasteiger partial charge in [-0.05, 0) is 60.1 Å². The van der Waals surface area contributed by atoms with E-state index in [4.69, 9.17) is 14.2 Å². The molecular weight excluding hydrogens is 420 g/mol. The number of hydrogen-bond acceptors (Lipinski definition) is 5. The molecule has 7 heteroatoms. The van der Waals surface area contributed by atoms with Crippen molar-refractivity contribution in [2.45, 2.75) is 46.6 Å². The van der Waals surface area contributed by atoms with Crippen LogP contribution in [0.25, 0.3) is 0 Å². The van der Waals surface area contributed by atoms with Crippen molar-refractivity contribution in [3.63, 3.8) is 0 Å². The Hall–Kier alpha value is -3.06. The van der Waals surface area contributed by atoms with E-state index < -0.39 is 12.2 Å². The first-order valence-electron chi connectivity index (χ1n) is 11.3. The van der Waals surface area contributed by atoms with Crippen LogP contribution >= 0.6 is 0 Å². The summed E-state index contributed by atoms with van der Waals surface area (Å²) in [7, 11) is 1.55. The molecule has 1 atom stereocenters. The van der Waals surface area contributed by atoms with E-state index in [-0.39, 0.29) is 18.6 Å². The molecule has 33 heavy (non-hydrogen) atoms. The number of nitrogens with one attached hydrogen (secondary N) is 2. The predicted molar refractivity (Wildman–Crippen MR) is 131 cm³/mol. The Kier molecular flexibility index (Phi) is 10.7. The lowest BCUT2D eigenvalue weighted by Gasteiger charge is -2.23. The zero-order valence-corrected chi connectivity index (χ0v) is 20.2. The molecule has 0 saturated heterocycles. The largest absolute Gasteiger partial charge is 0.447 e. The summed E-state index contributed by atoms with van der Waals surface area (Å²) >= 11 is 0. The fraction of sp³-hybridized carbons (Fsp3) is 0.462. The topological polar surface area (TPSA) is 85.9 Å². The van der Waals surface area contributed by atoms with E-state index in [1.165, 1.54) is 0 Å². The van der Waals surface area contributed by atoms with E-state index in [0.29, 0.717) is 23.9 Å². The van der Waals surface area contributed by atoms with Gasteiger partial charge in [0.2, 0.25) is 0 Å². The number of carbonyl (C=O) groups is 2. The molecule has 0 fully saturated rings. The maximum Gasteiger partial charge on any atom is 0.411 e. The van der Waals surface area contributed by atoms with Crippen molar-refractivity contribution >= 4 is 23.6 Å². The lowest BCUT2D eigenvalue weighted by molar-refractivity contribution is 0.0681. The number of rotatable bonds is 11. The van der Waals surface area contributed by atoms with Crippen LogP contribution in [0.3, 0.4) is 0 Å². The van der Waals surface area contributed by atoms with Crippen molar-refractivity contribution in [3.8, 4) is 0 Å². The van der Waals surface area contributed by atoms with Crippen LogP contribution in [0.1, 0.15) is 45.2 Å². The van der Waals surface area contributed by atoms with Crippen LogP contribution in [0.4, 0.5) is 21.0 Å². The van der Waals surface area contributed by atoms with Gasteiger partial charge in [-0.15, -0.1) is 0 Å². The van der Waals surface area contributed by atoms with Gasteiger partial charge < -0.3 is 14.2 Å². The molecule has 0 spiro atoms. The Balaban J connectivity index is 1.85. The number of ether oxygens (including phenoxy) is 3. The van der Waals surface area contributed by atoms with Crippen molar-refractivity contribution in [1.29, 1.82) is 0 Å². The lowest BCUT2D eigenvalue weighted by Crippen LogP contribution is -2.28. The van der Waals surface area contributed by atoms with Crippen LogP contribution in [0.5, 0.6) is 0 Å². The fourth-order valence-corrected chi connectivity index (χ4v) is 3.22. The highest BCUT2D eigenvalue weighted by atomic mass is 16.6. The molecule has 0 saturated carbocycles. The van der Waals surface area contributed by atoms with Gasteiger partial charge in [0.15, 0.2) is 0 Å². The third-order valence-corrected chi connectivity index (χ3v) is 5.04. The third kappa shape index (κ3) is 9.95. The minimum atomic E-state index is -0.509. The van der Waals surface area contributed by atoms with Crippen molar-refractivity contribution in [1.82, 2.24) is 0 Å². The highest BCUT2D eigenvalue weighted by molar-refractivity contribution is 5.85. The average Bonchev–Trinajstić information content (AvgIpc) is 2.76. The van der Waals surface area contributed by atoms with E-state index >= 15 is 0 Å². The molecule has 0 radical (unpaired) electrons. The SMILES string of the molecule is COCCOC(=O)Nc1ccc(Cc2ccc(NC(=O)OC(CC(C)C)C(C)C)cc2)cc1. The van der Waals surface area contributed by atoms with Gasteiger partial charge in [-0.2, -0.15) is 0 Å². The first-order chi connectivity index (χ1) is 15.8. The molecule has 2 N–H and O–H groups in total. The predicted octanol–water partition coefficient (Wildman–Crippen LogP) is 6.09. The van der Waals surface area contributed by atoms with Crippen LogP contribution in [-0.4, -0.2) is 38.6 Å². The summed E-state index contributed by atoms with van der Waals surface area (Å²) in [5.41, 5.74) is 3.56. The fourth-order valence-electron chi connectivity index (χ4n) is 3.22. The quantitative estimate of drug-likeness (QED) is 0.400. The number of amides is 2. The summed E-state index contributed by atoms with van der Waals surface area (Å²) in [6.07, 6.45) is 0.533. The molecule has 1 unspecified atom stereocenters. The van der Waals surface area contributed by atoms with Crippen LogP contribution in [0.15, 0.2) is 48.5 Å². The average molecular weight is 457 g/mol. The minimum absolute atomic E-state index is 0.103. The van der Waals surface area contributed by atoms with E-state index in [0.717, 1.165) is 24.0 Å². The van der Waals surface area contributed by atoms with Gasteiger partial charge in [0.1, 0.15) is 12.7 Å². The summed E-state index contributed by atoms with van der Waals surface area (Å²) in [5, 5.41) is 5.49. The molecule has 0 aliphatic carbocycles. The Labute approximate surface area is 196 Å². The van der Waals surface area contributed by atoms with Crippen molar-refractivity contribution < 1.29 is 23.8 Å². The van der Waals surface area contributed by atoms with Crippen molar-refractivity contribution in [3.05, 3.63) is 59.7 Å². The normalized spacial score (nSPS) is 11.8. The molecule has 0 bridgehead atoms. The standard InChI is InChI=1S/C26H36N2O5/c1-18(2)16-24(19(3)4)33-26(30)28-23-12-8-21(9-13-23)17-20-6-10-22(11-7-20)27-25(29)32-15-14-31-5/h6-13,18-19,24H,14-17H2,1-5H3,(H,27,29)(H,28,30). The Morgan fingerprint density at radius 2 is 1.30 bits per heavy atom. The van der Waals surface area contributed by atoms with Crippen LogP contribution in [0, 0.1) is 11.8 Å². The minimum Gasteiger partial charge on any atom is -0.447 e. The van der Waals surface area contributed by atoms with Gasteiger partial charge >= 0.3 is 12.2 Å². The Morgan fingerprint density at radius 3 is 1.76 bits per heavy atom. The van der Waals surface area contributed by atoms with Gasteiger partial charge in [0, 0.05) is 18.5 Å². The van der Waals surface area contributed by atoms with Gasteiger partial charge in [0.25, 0.3) is 0 Å². The molecule has 2 amide bonds. The van der Waals surface area contributed by atoms with Gasteiger partial charge in [-0.1, -0.05) is 52.0 Å². The molecular formula is C26H36N2O5. The van der Waals surface area contributed by atoms with Crippen LogP contribution in [0.2, 0.25) is 0 Å². The highest BCUT2D eigenvalue weighted by Gasteiger charge is 2.19. The molecule has 2 aromatic rings. The zero-order valence-electron chi connectivity index (χ0n) is 20.2. The number of carbonyl (C=O) groups excluding carboxylic acids is 2. The maximum atomic E-state index is 12.3. The second-order valence-corrected chi connectivity index (χ2v) is 8.77. The second-order valence-electron chi connectivity index (χ2n) is 8.77. The smallest absolute Gasteiger partial charge is 0.411 e. The molecule has 0 aromatic heterocycles. The second kappa shape index (κ2) is 13.5. The molecule has 2 aromatic carbocycles. The van der Waals surface area contributed by atoms with Gasteiger partial charge in [0.05, 0.1) is 6.61 Å². The Morgan fingerprint density at radius 1 is 0.788 bits per heavy atom. The number of benzene rings is 2. The number of methoxy groups -OCH3 is 1. The van der Waals surface area contributed by atoms with Gasteiger partial charge in [-0.25, -0.2) is 9.59 Å². The summed E-state index contributed by atoms with van der Waals surface area (Å²) in [5.74, 6) is 0.729. The third-order valence-electron chi connectivity index (χ3n) is 5.04. The summed E-state index contributed by atoms with van der Waals surface area (Å²) in [4.78, 5) is 24.0. The summed E-state index contributed by atoms with van der Waals surface area (Å²) in [6.45, 7) is 8.94. The molecule has 0 aliphatic heterocycles. The molecule has 7 nitrogen and oxygen atoms in total. The molecule has 2 rings (SSSR count). The number of anilines is 2. The Bertz CT molecular complexity index is 863. The van der Waals surface area contributed by atoms with E-state index in [1.54, 1.807) is 7.11 Å². The highest BCUT2D eigenvalue weighted by Crippen LogP contribution is 2.19.